The van der Waals surface area contributed by atoms with Crippen LogP contribution in [0.4, 0.5) is 17.1 Å². The standard InChI is InChI=1S/C35H38N2O5/c1-3-23(20-24-9-16-28(39)17-10-24)11-18-31(40)32-22(2)19-29-33(30(32)21-38)35(42)37(34(29)41)27-14-12-26(13-15-27)36-25-7-5-4-6-8-25/h4-10,12-17,20,29-31,33,36,38-40H,3,11,18-19,21H2,1-2H3/b23-20+/t29-,30+,31-,33-/m1/s1. The molecule has 1 aliphatic heterocycles. The number of phenolic OH excluding ortho intramolecular Hbond substituents is 1. The van der Waals surface area contributed by atoms with Gasteiger partial charge < -0.3 is 20.6 Å². The second kappa shape index (κ2) is 12.8. The molecule has 0 aromatic heterocycles. The largest absolute Gasteiger partial charge is 0.508 e. The average molecular weight is 567 g/mol. The highest BCUT2D eigenvalue weighted by Gasteiger charge is 2.54. The maximum atomic E-state index is 13.8. The predicted molar refractivity (Wildman–Crippen MR) is 165 cm³/mol. The average Bonchev–Trinajstić information content (AvgIpc) is 3.25. The minimum atomic E-state index is -0.835. The Balaban J connectivity index is 1.31. The van der Waals surface area contributed by atoms with E-state index >= 15 is 0 Å². The minimum Gasteiger partial charge on any atom is -0.508 e. The topological polar surface area (TPSA) is 110 Å². The van der Waals surface area contributed by atoms with Gasteiger partial charge in [-0.3, -0.25) is 14.5 Å². The van der Waals surface area contributed by atoms with Crippen molar-refractivity contribution in [1.29, 1.82) is 0 Å². The van der Waals surface area contributed by atoms with E-state index in [1.165, 1.54) is 4.90 Å². The van der Waals surface area contributed by atoms with Gasteiger partial charge in [0.05, 0.1) is 30.2 Å². The third-order valence-corrected chi connectivity index (χ3v) is 8.53. The van der Waals surface area contributed by atoms with Gasteiger partial charge in [0.25, 0.3) is 0 Å². The lowest BCUT2D eigenvalue weighted by molar-refractivity contribution is -0.123. The van der Waals surface area contributed by atoms with E-state index in [0.717, 1.165) is 34.5 Å². The maximum absolute atomic E-state index is 13.8. The number of fused-ring (bicyclic) bond motifs is 1. The molecule has 0 bridgehead atoms. The molecule has 1 aliphatic carbocycles. The molecule has 2 amide bonds. The number of carbonyl (C=O) groups is 2. The number of aliphatic hydroxyl groups is 2. The van der Waals surface area contributed by atoms with Crippen molar-refractivity contribution in [1.82, 2.24) is 0 Å². The molecular weight excluding hydrogens is 528 g/mol. The molecule has 0 saturated carbocycles. The van der Waals surface area contributed by atoms with Crippen LogP contribution in [0.25, 0.3) is 6.08 Å². The second-order valence-electron chi connectivity index (χ2n) is 11.2. The number of hydrogen-bond acceptors (Lipinski definition) is 6. The highest BCUT2D eigenvalue weighted by Crippen LogP contribution is 2.47. The summed E-state index contributed by atoms with van der Waals surface area (Å²) in [5.41, 5.74) is 5.95. The number of anilines is 3. The summed E-state index contributed by atoms with van der Waals surface area (Å²) < 4.78 is 0. The number of carbonyl (C=O) groups excluding carboxylic acids is 2. The summed E-state index contributed by atoms with van der Waals surface area (Å²) in [6.07, 6.45) is 3.50. The lowest BCUT2D eigenvalue weighted by atomic mass is 9.68. The highest BCUT2D eigenvalue weighted by atomic mass is 16.3. The fraction of sp³-hybridized carbons (Fsp3) is 0.314. The molecule has 218 valence electrons. The summed E-state index contributed by atoms with van der Waals surface area (Å²) >= 11 is 0. The number of nitrogens with zero attached hydrogens (tertiary/aromatic N) is 1. The predicted octanol–water partition coefficient (Wildman–Crippen LogP) is 6.20. The van der Waals surface area contributed by atoms with Crippen LogP contribution in [0.5, 0.6) is 5.75 Å². The Kier molecular flexibility index (Phi) is 8.90. The van der Waals surface area contributed by atoms with Gasteiger partial charge in [0.2, 0.25) is 11.8 Å². The van der Waals surface area contributed by atoms with Gasteiger partial charge in [-0.25, -0.2) is 0 Å². The summed E-state index contributed by atoms with van der Waals surface area (Å²) in [5.74, 6) is -2.27. The van der Waals surface area contributed by atoms with E-state index in [2.05, 4.69) is 18.3 Å². The van der Waals surface area contributed by atoms with Crippen LogP contribution < -0.4 is 10.2 Å². The molecule has 1 heterocycles. The normalized spacial score (nSPS) is 21.5. The van der Waals surface area contributed by atoms with E-state index < -0.39 is 23.9 Å². The van der Waals surface area contributed by atoms with Gasteiger partial charge >= 0.3 is 0 Å². The number of phenols is 1. The molecule has 1 saturated heterocycles. The summed E-state index contributed by atoms with van der Waals surface area (Å²) in [6.45, 7) is 3.64. The number of hydrogen-bond donors (Lipinski definition) is 4. The van der Waals surface area contributed by atoms with Gasteiger partial charge in [-0.1, -0.05) is 54.5 Å². The number of benzene rings is 3. The Morgan fingerprint density at radius 3 is 2.29 bits per heavy atom. The molecule has 5 rings (SSSR count). The number of aliphatic hydroxyl groups excluding tert-OH is 2. The van der Waals surface area contributed by atoms with Crippen molar-refractivity contribution >= 4 is 35.0 Å². The minimum absolute atomic E-state index is 0.212. The van der Waals surface area contributed by atoms with Gasteiger partial charge in [0.1, 0.15) is 5.75 Å². The molecule has 42 heavy (non-hydrogen) atoms. The molecule has 3 aromatic carbocycles. The van der Waals surface area contributed by atoms with Crippen LogP contribution in [0.3, 0.4) is 0 Å². The molecule has 7 heteroatoms. The molecule has 3 aromatic rings. The van der Waals surface area contributed by atoms with Gasteiger partial charge in [0.15, 0.2) is 0 Å². The lowest BCUT2D eigenvalue weighted by Crippen LogP contribution is -2.38. The SMILES string of the molecule is CC/C(=C\c1ccc(O)cc1)CC[C@@H](O)C1=C(C)C[C@H]2C(=O)N(c3ccc(Nc4ccccc4)cc3)C(=O)[C@H]2[C@H]1CO. The van der Waals surface area contributed by atoms with Crippen LogP contribution in [0.2, 0.25) is 0 Å². The number of aromatic hydroxyl groups is 1. The van der Waals surface area contributed by atoms with Gasteiger partial charge in [-0.05, 0) is 92.3 Å². The van der Waals surface area contributed by atoms with Crippen molar-refractivity contribution in [2.24, 2.45) is 17.8 Å². The van der Waals surface area contributed by atoms with Gasteiger partial charge in [-0.15, -0.1) is 0 Å². The Morgan fingerprint density at radius 1 is 0.976 bits per heavy atom. The van der Waals surface area contributed by atoms with Crippen molar-refractivity contribution in [2.45, 2.75) is 45.6 Å². The zero-order chi connectivity index (χ0) is 29.8. The van der Waals surface area contributed by atoms with E-state index in [-0.39, 0.29) is 24.2 Å². The van der Waals surface area contributed by atoms with Crippen LogP contribution in [-0.4, -0.2) is 39.8 Å². The number of imide groups is 1. The lowest BCUT2D eigenvalue weighted by Gasteiger charge is -2.35. The molecule has 0 spiro atoms. The summed E-state index contributed by atoms with van der Waals surface area (Å²) in [4.78, 5) is 28.6. The summed E-state index contributed by atoms with van der Waals surface area (Å²) in [7, 11) is 0. The van der Waals surface area contributed by atoms with Crippen LogP contribution in [-0.2, 0) is 9.59 Å². The van der Waals surface area contributed by atoms with E-state index in [9.17, 15) is 24.9 Å². The molecule has 1 fully saturated rings. The van der Waals surface area contributed by atoms with Crippen molar-refractivity contribution < 1.29 is 24.9 Å². The maximum Gasteiger partial charge on any atom is 0.238 e. The van der Waals surface area contributed by atoms with E-state index in [1.54, 1.807) is 24.3 Å². The third-order valence-electron chi connectivity index (χ3n) is 8.53. The molecular formula is C35H38N2O5. The second-order valence-corrected chi connectivity index (χ2v) is 11.2. The van der Waals surface area contributed by atoms with E-state index in [4.69, 9.17) is 0 Å². The Hall–Kier alpha value is -4.20. The number of amides is 2. The first-order valence-electron chi connectivity index (χ1n) is 14.6. The third kappa shape index (κ3) is 6.03. The smallest absolute Gasteiger partial charge is 0.238 e. The molecule has 0 unspecified atom stereocenters. The van der Waals surface area contributed by atoms with Crippen LogP contribution in [0, 0.1) is 17.8 Å². The van der Waals surface area contributed by atoms with Crippen LogP contribution >= 0.6 is 0 Å². The van der Waals surface area contributed by atoms with Crippen LogP contribution in [0.15, 0.2) is 95.6 Å². The van der Waals surface area contributed by atoms with Crippen molar-refractivity contribution in [3.63, 3.8) is 0 Å². The zero-order valence-corrected chi connectivity index (χ0v) is 24.0. The first-order valence-corrected chi connectivity index (χ1v) is 14.6. The Bertz CT molecular complexity index is 1480. The fourth-order valence-electron chi connectivity index (χ4n) is 6.39. The highest BCUT2D eigenvalue weighted by molar-refractivity contribution is 6.22. The Labute approximate surface area is 246 Å². The number of nitrogens with one attached hydrogen (secondary N) is 1. The number of allylic oxidation sites excluding steroid dienone is 2. The first-order chi connectivity index (χ1) is 20.3. The van der Waals surface area contributed by atoms with Crippen molar-refractivity contribution in [2.75, 3.05) is 16.8 Å². The molecule has 4 N–H and O–H groups in total. The van der Waals surface area contributed by atoms with E-state index in [0.29, 0.717) is 30.5 Å². The molecule has 7 nitrogen and oxygen atoms in total. The zero-order valence-electron chi connectivity index (χ0n) is 24.0. The quantitative estimate of drug-likeness (QED) is 0.172. The molecule has 4 atom stereocenters. The number of rotatable bonds is 10. The summed E-state index contributed by atoms with van der Waals surface area (Å²) in [6, 6.07) is 23.9. The van der Waals surface area contributed by atoms with Gasteiger partial charge in [0, 0.05) is 17.3 Å². The molecule has 0 radical (unpaired) electrons. The number of para-hydroxylation sites is 1. The monoisotopic (exact) mass is 566 g/mol. The van der Waals surface area contributed by atoms with Crippen LogP contribution in [0.1, 0.15) is 45.1 Å². The fourth-order valence-corrected chi connectivity index (χ4v) is 6.39. The van der Waals surface area contributed by atoms with E-state index in [1.807, 2.05) is 61.5 Å². The summed E-state index contributed by atoms with van der Waals surface area (Å²) in [5, 5.41) is 34.7. The Morgan fingerprint density at radius 2 is 1.64 bits per heavy atom. The molecule has 2 aliphatic rings. The van der Waals surface area contributed by atoms with Gasteiger partial charge in [-0.2, -0.15) is 0 Å². The van der Waals surface area contributed by atoms with Crippen molar-refractivity contribution in [3.05, 3.63) is 101 Å². The first kappa shape index (κ1) is 29.3. The van der Waals surface area contributed by atoms with Crippen molar-refractivity contribution in [3.8, 4) is 5.75 Å².